The van der Waals surface area contributed by atoms with Gasteiger partial charge in [-0.3, -0.25) is 0 Å². The Kier molecular flexibility index (Phi) is 5.94. The van der Waals surface area contributed by atoms with Gasteiger partial charge in [-0.2, -0.15) is 0 Å². The van der Waals surface area contributed by atoms with E-state index in [1.807, 2.05) is 22.9 Å². The molecule has 4 aromatic rings. The molecule has 3 nitrogen and oxygen atoms in total. The molecule has 3 aromatic carbocycles. The van der Waals surface area contributed by atoms with Gasteiger partial charge in [0.25, 0.3) is 0 Å². The molecular formula is C26H24Cl2N2O. The summed E-state index contributed by atoms with van der Waals surface area (Å²) in [5.41, 5.74) is 4.96. The highest BCUT2D eigenvalue weighted by molar-refractivity contribution is 6.42. The molecule has 0 bridgehead atoms. The van der Waals surface area contributed by atoms with Crippen molar-refractivity contribution in [2.24, 2.45) is 0 Å². The molecule has 0 saturated heterocycles. The van der Waals surface area contributed by atoms with Gasteiger partial charge in [0.1, 0.15) is 11.4 Å². The summed E-state index contributed by atoms with van der Waals surface area (Å²) in [6.07, 6.45) is 2.38. The summed E-state index contributed by atoms with van der Waals surface area (Å²) in [5, 5.41) is 11.6. The third-order valence-corrected chi connectivity index (χ3v) is 6.14. The van der Waals surface area contributed by atoms with Crippen LogP contribution in [-0.4, -0.2) is 14.7 Å². The lowest BCUT2D eigenvalue weighted by atomic mass is 10.0. The maximum absolute atomic E-state index is 10.5. The molecule has 0 aliphatic carbocycles. The van der Waals surface area contributed by atoms with Crippen LogP contribution in [0.5, 0.6) is 0 Å². The number of rotatable bonds is 5. The minimum absolute atomic E-state index is 0.495. The van der Waals surface area contributed by atoms with Gasteiger partial charge in [0.15, 0.2) is 0 Å². The van der Waals surface area contributed by atoms with Crippen molar-refractivity contribution in [2.45, 2.75) is 32.8 Å². The summed E-state index contributed by atoms with van der Waals surface area (Å²) in [4.78, 5) is 4.73. The number of imidazole rings is 1. The van der Waals surface area contributed by atoms with E-state index in [0.29, 0.717) is 22.2 Å². The lowest BCUT2D eigenvalue weighted by molar-refractivity contribution is 0.0741. The van der Waals surface area contributed by atoms with E-state index in [9.17, 15) is 5.11 Å². The summed E-state index contributed by atoms with van der Waals surface area (Å²) in [5.74, 6) is 0.782. The second-order valence-electron chi connectivity index (χ2n) is 8.28. The van der Waals surface area contributed by atoms with Crippen LogP contribution in [0.3, 0.4) is 0 Å². The second kappa shape index (κ2) is 8.51. The standard InChI is InChI=1S/C26H24Cl2N2O/c1-17-6-4-7-19(14-17)18-10-12-21(13-11-18)30-16-23(26(2,3)31)29-24(30)15-20-8-5-9-22(27)25(20)28/h4-14,16,31H,15H2,1-3H3. The molecule has 0 aliphatic rings. The Bertz CT molecular complexity index is 1220. The molecule has 1 N–H and O–H groups in total. The number of aryl methyl sites for hydroxylation is 1. The number of benzene rings is 3. The van der Waals surface area contributed by atoms with Crippen LogP contribution in [0.15, 0.2) is 72.9 Å². The van der Waals surface area contributed by atoms with Crippen molar-refractivity contribution in [1.29, 1.82) is 0 Å². The SMILES string of the molecule is Cc1cccc(-c2ccc(-n3cc(C(C)(C)O)nc3Cc3cccc(Cl)c3Cl)cc2)c1. The van der Waals surface area contributed by atoms with Crippen molar-refractivity contribution in [3.63, 3.8) is 0 Å². The quantitative estimate of drug-likeness (QED) is 0.356. The first kappa shape index (κ1) is 21.6. The number of aromatic nitrogens is 2. The smallest absolute Gasteiger partial charge is 0.118 e. The first-order valence-corrected chi connectivity index (χ1v) is 10.9. The predicted molar refractivity (Wildman–Crippen MR) is 128 cm³/mol. The van der Waals surface area contributed by atoms with E-state index in [1.54, 1.807) is 19.9 Å². The lowest BCUT2D eigenvalue weighted by Gasteiger charge is -2.13. The fraction of sp³-hybridized carbons (Fsp3) is 0.192. The molecule has 0 fully saturated rings. The number of nitrogens with zero attached hydrogens (tertiary/aromatic N) is 2. The van der Waals surface area contributed by atoms with E-state index in [2.05, 4.69) is 55.5 Å². The Morgan fingerprint density at radius 3 is 2.32 bits per heavy atom. The Balaban J connectivity index is 1.75. The Morgan fingerprint density at radius 2 is 1.65 bits per heavy atom. The zero-order chi connectivity index (χ0) is 22.2. The van der Waals surface area contributed by atoms with E-state index >= 15 is 0 Å². The highest BCUT2D eigenvalue weighted by Crippen LogP contribution is 2.30. The van der Waals surface area contributed by atoms with Crippen molar-refractivity contribution in [2.75, 3.05) is 0 Å². The topological polar surface area (TPSA) is 38.0 Å². The van der Waals surface area contributed by atoms with E-state index in [0.717, 1.165) is 22.6 Å². The average Bonchev–Trinajstić information content (AvgIpc) is 3.16. The van der Waals surface area contributed by atoms with Gasteiger partial charge in [0, 0.05) is 18.3 Å². The van der Waals surface area contributed by atoms with Crippen molar-refractivity contribution >= 4 is 23.2 Å². The van der Waals surface area contributed by atoms with Crippen LogP contribution in [0.25, 0.3) is 16.8 Å². The molecule has 0 saturated carbocycles. The monoisotopic (exact) mass is 450 g/mol. The van der Waals surface area contributed by atoms with E-state index in [-0.39, 0.29) is 0 Å². The molecule has 0 amide bonds. The van der Waals surface area contributed by atoms with Crippen LogP contribution in [0.2, 0.25) is 10.0 Å². The first-order valence-electron chi connectivity index (χ1n) is 10.1. The summed E-state index contributed by atoms with van der Waals surface area (Å²) in [6, 6.07) is 22.4. The first-order chi connectivity index (χ1) is 14.7. The van der Waals surface area contributed by atoms with E-state index in [4.69, 9.17) is 28.2 Å². The zero-order valence-electron chi connectivity index (χ0n) is 17.7. The largest absolute Gasteiger partial charge is 0.384 e. The Labute approximate surface area is 192 Å². The predicted octanol–water partition coefficient (Wildman–Crippen LogP) is 6.97. The van der Waals surface area contributed by atoms with Gasteiger partial charge >= 0.3 is 0 Å². The molecular weight excluding hydrogens is 427 g/mol. The molecule has 0 unspecified atom stereocenters. The van der Waals surface area contributed by atoms with Crippen LogP contribution < -0.4 is 0 Å². The highest BCUT2D eigenvalue weighted by atomic mass is 35.5. The fourth-order valence-corrected chi connectivity index (χ4v) is 3.94. The minimum Gasteiger partial charge on any atom is -0.384 e. The van der Waals surface area contributed by atoms with Crippen LogP contribution in [0.4, 0.5) is 0 Å². The van der Waals surface area contributed by atoms with Gasteiger partial charge in [0.05, 0.1) is 15.7 Å². The highest BCUT2D eigenvalue weighted by Gasteiger charge is 2.23. The van der Waals surface area contributed by atoms with Crippen LogP contribution in [0, 0.1) is 6.92 Å². The lowest BCUT2D eigenvalue weighted by Crippen LogP contribution is -2.15. The van der Waals surface area contributed by atoms with Crippen molar-refractivity contribution in [3.05, 3.63) is 106 Å². The minimum atomic E-state index is -1.06. The molecule has 0 spiro atoms. The summed E-state index contributed by atoms with van der Waals surface area (Å²) in [7, 11) is 0. The van der Waals surface area contributed by atoms with Gasteiger partial charge < -0.3 is 9.67 Å². The van der Waals surface area contributed by atoms with Gasteiger partial charge in [-0.05, 0) is 55.7 Å². The molecule has 31 heavy (non-hydrogen) atoms. The van der Waals surface area contributed by atoms with E-state index < -0.39 is 5.60 Å². The van der Waals surface area contributed by atoms with Crippen LogP contribution in [0.1, 0.15) is 36.5 Å². The molecule has 0 atom stereocenters. The zero-order valence-corrected chi connectivity index (χ0v) is 19.2. The van der Waals surface area contributed by atoms with Crippen LogP contribution in [-0.2, 0) is 12.0 Å². The van der Waals surface area contributed by atoms with Gasteiger partial charge in [-0.15, -0.1) is 0 Å². The summed E-state index contributed by atoms with van der Waals surface area (Å²) >= 11 is 12.6. The number of halogens is 2. The molecule has 0 radical (unpaired) electrons. The third-order valence-electron chi connectivity index (χ3n) is 5.28. The van der Waals surface area contributed by atoms with Gasteiger partial charge in [-0.1, -0.05) is 77.3 Å². The Morgan fingerprint density at radius 1 is 0.935 bits per heavy atom. The average molecular weight is 451 g/mol. The molecule has 1 aromatic heterocycles. The number of hydrogen-bond donors (Lipinski definition) is 1. The van der Waals surface area contributed by atoms with Gasteiger partial charge in [-0.25, -0.2) is 4.98 Å². The second-order valence-corrected chi connectivity index (χ2v) is 9.06. The van der Waals surface area contributed by atoms with Crippen LogP contribution >= 0.6 is 23.2 Å². The number of hydrogen-bond acceptors (Lipinski definition) is 2. The number of aliphatic hydroxyl groups is 1. The normalized spacial score (nSPS) is 11.7. The maximum atomic E-state index is 10.5. The fourth-order valence-electron chi connectivity index (χ4n) is 3.56. The van der Waals surface area contributed by atoms with E-state index in [1.165, 1.54) is 11.1 Å². The Hall–Kier alpha value is -2.59. The summed E-state index contributed by atoms with van der Waals surface area (Å²) in [6.45, 7) is 5.56. The third kappa shape index (κ3) is 4.69. The molecule has 0 aliphatic heterocycles. The summed E-state index contributed by atoms with van der Waals surface area (Å²) < 4.78 is 2.00. The molecule has 158 valence electrons. The molecule has 5 heteroatoms. The van der Waals surface area contributed by atoms with Crippen molar-refractivity contribution < 1.29 is 5.11 Å². The van der Waals surface area contributed by atoms with Crippen molar-refractivity contribution in [3.8, 4) is 16.8 Å². The van der Waals surface area contributed by atoms with Gasteiger partial charge in [0.2, 0.25) is 0 Å². The maximum Gasteiger partial charge on any atom is 0.118 e. The molecule has 4 rings (SSSR count). The molecule has 1 heterocycles. The van der Waals surface area contributed by atoms with Crippen molar-refractivity contribution in [1.82, 2.24) is 9.55 Å².